The van der Waals surface area contributed by atoms with E-state index in [-0.39, 0.29) is 50.7 Å². The van der Waals surface area contributed by atoms with Crippen LogP contribution >= 0.6 is 0 Å². The van der Waals surface area contributed by atoms with Gasteiger partial charge in [0.1, 0.15) is 18.1 Å². The van der Waals surface area contributed by atoms with Crippen molar-refractivity contribution in [3.05, 3.63) is 36.0 Å². The summed E-state index contributed by atoms with van der Waals surface area (Å²) in [6.45, 7) is 0.342. The standard InChI is InChI=1S/C27H41N11O7/c28-16(6-3-9-33-26(29)30)22(41)36-18(8-4-10-34-27(31)32)23(42)37-19(12-21(39)40)24(43)38-20(25(44)45)11-14-13-35-17-7-2-1-5-15(14)17/h1-2,5,7,13,16,18-20,35H,3-4,6,8-12,28H2,(H,36,41)(H,37,42)(H,38,43)(H,39,40)(H,44,45)(H4,29,30,33)(H4,31,32,34). The van der Waals surface area contributed by atoms with Gasteiger partial charge in [-0.25, -0.2) is 4.79 Å². The van der Waals surface area contributed by atoms with Crippen molar-refractivity contribution in [3.8, 4) is 0 Å². The summed E-state index contributed by atoms with van der Waals surface area (Å²) in [5.41, 5.74) is 28.6. The zero-order valence-electron chi connectivity index (χ0n) is 24.6. The highest BCUT2D eigenvalue weighted by Gasteiger charge is 2.32. The highest BCUT2D eigenvalue weighted by Crippen LogP contribution is 2.19. The molecule has 4 atom stereocenters. The molecule has 246 valence electrons. The van der Waals surface area contributed by atoms with E-state index < -0.39 is 60.2 Å². The van der Waals surface area contributed by atoms with Gasteiger partial charge in [0, 0.05) is 36.6 Å². The molecule has 18 nitrogen and oxygen atoms in total. The number of aromatic amines is 1. The van der Waals surface area contributed by atoms with Gasteiger partial charge in [-0.05, 0) is 37.3 Å². The molecule has 2 rings (SSSR count). The van der Waals surface area contributed by atoms with Crippen molar-refractivity contribution in [1.82, 2.24) is 20.9 Å². The number of nitrogens with one attached hydrogen (secondary N) is 4. The number of aliphatic imine (C=N–C) groups is 2. The van der Waals surface area contributed by atoms with E-state index in [0.717, 1.165) is 10.9 Å². The average molecular weight is 632 g/mol. The number of benzene rings is 1. The highest BCUT2D eigenvalue weighted by atomic mass is 16.4. The Bertz CT molecular complexity index is 1400. The number of hydrogen-bond donors (Lipinski definition) is 11. The van der Waals surface area contributed by atoms with E-state index >= 15 is 0 Å². The number of amides is 3. The third-order valence-corrected chi connectivity index (χ3v) is 6.61. The molecule has 1 heterocycles. The van der Waals surface area contributed by atoms with E-state index in [0.29, 0.717) is 12.0 Å². The third kappa shape index (κ3) is 12.4. The lowest BCUT2D eigenvalue weighted by Crippen LogP contribution is -2.57. The number of para-hydroxylation sites is 1. The molecule has 0 aliphatic heterocycles. The van der Waals surface area contributed by atoms with Crippen molar-refractivity contribution < 1.29 is 34.2 Å². The molecule has 45 heavy (non-hydrogen) atoms. The number of nitrogens with zero attached hydrogens (tertiary/aromatic N) is 2. The van der Waals surface area contributed by atoms with Gasteiger partial charge in [0.25, 0.3) is 0 Å². The first-order valence-corrected chi connectivity index (χ1v) is 14.1. The van der Waals surface area contributed by atoms with Gasteiger partial charge in [-0.15, -0.1) is 0 Å². The lowest BCUT2D eigenvalue weighted by molar-refractivity contribution is -0.143. The first-order valence-electron chi connectivity index (χ1n) is 14.1. The Balaban J connectivity index is 2.17. The Hall–Kier alpha value is -5.39. The molecule has 0 spiro atoms. The van der Waals surface area contributed by atoms with E-state index in [9.17, 15) is 34.2 Å². The van der Waals surface area contributed by atoms with Crippen LogP contribution in [-0.2, 0) is 30.4 Å². The number of hydrogen-bond acceptors (Lipinski definition) is 8. The molecule has 4 unspecified atom stereocenters. The molecule has 0 bridgehead atoms. The van der Waals surface area contributed by atoms with Crippen LogP contribution in [0.25, 0.3) is 10.9 Å². The smallest absolute Gasteiger partial charge is 0.326 e. The average Bonchev–Trinajstić information content (AvgIpc) is 3.37. The maximum absolute atomic E-state index is 13.3. The fraction of sp³-hybridized carbons (Fsp3) is 0.444. The van der Waals surface area contributed by atoms with Gasteiger partial charge in [-0.3, -0.25) is 29.2 Å². The van der Waals surface area contributed by atoms with Crippen molar-refractivity contribution in [2.45, 2.75) is 62.7 Å². The topological polar surface area (TPSA) is 333 Å². The van der Waals surface area contributed by atoms with E-state index in [1.54, 1.807) is 30.5 Å². The third-order valence-electron chi connectivity index (χ3n) is 6.61. The summed E-state index contributed by atoms with van der Waals surface area (Å²) in [4.78, 5) is 73.5. The minimum Gasteiger partial charge on any atom is -0.481 e. The van der Waals surface area contributed by atoms with E-state index in [4.69, 9.17) is 28.7 Å². The Morgan fingerprint density at radius 2 is 1.33 bits per heavy atom. The second-order valence-corrected chi connectivity index (χ2v) is 10.2. The fourth-order valence-corrected chi connectivity index (χ4v) is 4.35. The maximum atomic E-state index is 13.3. The van der Waals surface area contributed by atoms with Gasteiger partial charge in [0.2, 0.25) is 17.7 Å². The van der Waals surface area contributed by atoms with E-state index in [1.165, 1.54) is 0 Å². The number of nitrogens with two attached hydrogens (primary N) is 5. The number of aromatic nitrogens is 1. The molecule has 16 N–H and O–H groups in total. The SMILES string of the molecule is NC(N)=NCCCC(N)C(=O)NC(CCCN=C(N)N)C(=O)NC(CC(=O)O)C(=O)NC(Cc1c[nH]c2ccccc12)C(=O)O. The summed E-state index contributed by atoms with van der Waals surface area (Å²) in [7, 11) is 0. The summed E-state index contributed by atoms with van der Waals surface area (Å²) in [5, 5.41) is 27.1. The summed E-state index contributed by atoms with van der Waals surface area (Å²) < 4.78 is 0. The molecule has 0 radical (unpaired) electrons. The van der Waals surface area contributed by atoms with Crippen molar-refractivity contribution in [3.63, 3.8) is 0 Å². The monoisotopic (exact) mass is 631 g/mol. The number of guanidine groups is 2. The first kappa shape index (κ1) is 35.8. The number of carboxylic acids is 2. The molecule has 0 saturated carbocycles. The summed E-state index contributed by atoms with van der Waals surface area (Å²) in [5.74, 6) is -5.72. The Kier molecular flexibility index (Phi) is 14.1. The molecular weight excluding hydrogens is 590 g/mol. The van der Waals surface area contributed by atoms with Crippen LogP contribution in [0.5, 0.6) is 0 Å². The molecule has 1 aromatic carbocycles. The first-order chi connectivity index (χ1) is 21.3. The molecule has 0 saturated heterocycles. The van der Waals surface area contributed by atoms with Crippen LogP contribution in [0.3, 0.4) is 0 Å². The van der Waals surface area contributed by atoms with Gasteiger partial charge in [0.05, 0.1) is 12.5 Å². The van der Waals surface area contributed by atoms with Crippen LogP contribution in [0, 0.1) is 0 Å². The quantitative estimate of drug-likeness (QED) is 0.0424. The number of carbonyl (C=O) groups is 5. The Morgan fingerprint density at radius 1 is 0.778 bits per heavy atom. The van der Waals surface area contributed by atoms with Crippen LogP contribution in [-0.4, -0.2) is 94.0 Å². The van der Waals surface area contributed by atoms with Crippen LogP contribution in [0.4, 0.5) is 0 Å². The molecular formula is C27H41N11O7. The number of rotatable bonds is 19. The van der Waals surface area contributed by atoms with Gasteiger partial charge in [0.15, 0.2) is 11.9 Å². The van der Waals surface area contributed by atoms with Gasteiger partial charge in [-0.1, -0.05) is 18.2 Å². The predicted molar refractivity (Wildman–Crippen MR) is 165 cm³/mol. The highest BCUT2D eigenvalue weighted by molar-refractivity contribution is 5.96. The van der Waals surface area contributed by atoms with Crippen LogP contribution < -0.4 is 44.6 Å². The lowest BCUT2D eigenvalue weighted by Gasteiger charge is -2.24. The zero-order chi connectivity index (χ0) is 33.5. The van der Waals surface area contributed by atoms with E-state index in [1.807, 2.05) is 0 Å². The van der Waals surface area contributed by atoms with E-state index in [2.05, 4.69) is 30.9 Å². The molecule has 0 fully saturated rings. The van der Waals surface area contributed by atoms with Crippen LogP contribution in [0.15, 0.2) is 40.4 Å². The Labute approximate surface area is 258 Å². The van der Waals surface area contributed by atoms with Crippen molar-refractivity contribution in [1.29, 1.82) is 0 Å². The van der Waals surface area contributed by atoms with Crippen molar-refractivity contribution >= 4 is 52.5 Å². The minimum absolute atomic E-state index is 0.00516. The van der Waals surface area contributed by atoms with Crippen LogP contribution in [0.2, 0.25) is 0 Å². The molecule has 2 aromatic rings. The lowest BCUT2D eigenvalue weighted by atomic mass is 10.0. The second kappa shape index (κ2) is 17.7. The number of carbonyl (C=O) groups excluding carboxylic acids is 3. The number of fused-ring (bicyclic) bond motifs is 1. The molecule has 18 heteroatoms. The fourth-order valence-electron chi connectivity index (χ4n) is 4.35. The maximum Gasteiger partial charge on any atom is 0.326 e. The number of aliphatic carboxylic acids is 2. The number of carboxylic acid groups (broad SMARTS) is 2. The van der Waals surface area contributed by atoms with Crippen LogP contribution in [0.1, 0.15) is 37.7 Å². The normalized spacial score (nSPS) is 13.4. The summed E-state index contributed by atoms with van der Waals surface area (Å²) in [6.07, 6.45) is 1.40. The van der Waals surface area contributed by atoms with Gasteiger partial charge in [-0.2, -0.15) is 0 Å². The van der Waals surface area contributed by atoms with Gasteiger partial charge >= 0.3 is 11.9 Å². The molecule has 0 aliphatic carbocycles. The van der Waals surface area contributed by atoms with Crippen molar-refractivity contribution in [2.24, 2.45) is 38.7 Å². The number of H-pyrrole nitrogens is 1. The Morgan fingerprint density at radius 3 is 1.93 bits per heavy atom. The van der Waals surface area contributed by atoms with Gasteiger partial charge < -0.3 is 59.8 Å². The largest absolute Gasteiger partial charge is 0.481 e. The summed E-state index contributed by atoms with van der Waals surface area (Å²) in [6, 6.07) is 1.75. The summed E-state index contributed by atoms with van der Waals surface area (Å²) >= 11 is 0. The zero-order valence-corrected chi connectivity index (χ0v) is 24.6. The molecule has 1 aromatic heterocycles. The molecule has 3 amide bonds. The second-order valence-electron chi connectivity index (χ2n) is 10.2. The predicted octanol–water partition coefficient (Wildman–Crippen LogP) is -2.84. The minimum atomic E-state index is -1.68. The van der Waals surface area contributed by atoms with Crippen molar-refractivity contribution in [2.75, 3.05) is 13.1 Å². The molecule has 0 aliphatic rings.